The number of hydrogen-bond acceptors (Lipinski definition) is 4. The van der Waals surface area contributed by atoms with Crippen molar-refractivity contribution in [1.82, 2.24) is 9.55 Å². The molecule has 1 aromatic heterocycles. The Bertz CT molecular complexity index is 355. The van der Waals surface area contributed by atoms with Gasteiger partial charge in [-0.25, -0.2) is 0 Å². The van der Waals surface area contributed by atoms with Gasteiger partial charge in [-0.1, -0.05) is 0 Å². The van der Waals surface area contributed by atoms with Gasteiger partial charge in [0.15, 0.2) is 0 Å². The second kappa shape index (κ2) is 3.98. The van der Waals surface area contributed by atoms with Crippen molar-refractivity contribution in [1.29, 1.82) is 0 Å². The first-order valence-corrected chi connectivity index (χ1v) is 5.03. The third-order valence-electron chi connectivity index (χ3n) is 2.86. The molecule has 2 rings (SSSR count). The standard InChI is InChI=1S/C9H13N3O3/c13-8-3-1-7(2-4-8)11-5-9(10-6-11)12(14)15/h5-8,13H,1-4H2/t7-,8-. The lowest BCUT2D eigenvalue weighted by molar-refractivity contribution is -0.389. The summed E-state index contributed by atoms with van der Waals surface area (Å²) in [6.45, 7) is 0. The van der Waals surface area contributed by atoms with E-state index >= 15 is 0 Å². The van der Waals surface area contributed by atoms with E-state index in [0.29, 0.717) is 0 Å². The minimum absolute atomic E-state index is 0.110. The van der Waals surface area contributed by atoms with Crippen LogP contribution in [0.3, 0.4) is 0 Å². The average Bonchev–Trinajstić information content (AvgIpc) is 2.68. The summed E-state index contributed by atoms with van der Waals surface area (Å²) in [6, 6.07) is 0.245. The van der Waals surface area contributed by atoms with Crippen molar-refractivity contribution in [3.8, 4) is 0 Å². The molecule has 15 heavy (non-hydrogen) atoms. The fourth-order valence-corrected chi connectivity index (χ4v) is 1.98. The third-order valence-corrected chi connectivity index (χ3v) is 2.86. The molecule has 0 bridgehead atoms. The van der Waals surface area contributed by atoms with E-state index in [-0.39, 0.29) is 18.0 Å². The molecule has 1 fully saturated rings. The number of aliphatic hydroxyl groups is 1. The molecule has 1 saturated carbocycles. The summed E-state index contributed by atoms with van der Waals surface area (Å²) in [5, 5.41) is 19.8. The zero-order valence-corrected chi connectivity index (χ0v) is 8.24. The Morgan fingerprint density at radius 2 is 2.13 bits per heavy atom. The topological polar surface area (TPSA) is 81.2 Å². The minimum atomic E-state index is -0.492. The van der Waals surface area contributed by atoms with Crippen LogP contribution in [0.1, 0.15) is 31.7 Å². The van der Waals surface area contributed by atoms with Crippen LogP contribution in [0.15, 0.2) is 12.5 Å². The van der Waals surface area contributed by atoms with Crippen molar-refractivity contribution in [2.75, 3.05) is 0 Å². The molecule has 0 unspecified atom stereocenters. The second-order valence-electron chi connectivity index (χ2n) is 3.90. The quantitative estimate of drug-likeness (QED) is 0.590. The van der Waals surface area contributed by atoms with E-state index in [2.05, 4.69) is 4.98 Å². The van der Waals surface area contributed by atoms with Crippen LogP contribution in [0.4, 0.5) is 5.82 Å². The van der Waals surface area contributed by atoms with Gasteiger partial charge in [0.2, 0.25) is 6.33 Å². The maximum absolute atomic E-state index is 10.4. The van der Waals surface area contributed by atoms with E-state index < -0.39 is 4.92 Å². The lowest BCUT2D eigenvalue weighted by atomic mass is 9.93. The molecule has 0 atom stereocenters. The Balaban J connectivity index is 2.06. The van der Waals surface area contributed by atoms with Crippen molar-refractivity contribution in [2.24, 2.45) is 0 Å². The summed E-state index contributed by atoms with van der Waals surface area (Å²) >= 11 is 0. The van der Waals surface area contributed by atoms with Gasteiger partial charge in [0, 0.05) is 6.04 Å². The number of aromatic nitrogens is 2. The summed E-state index contributed by atoms with van der Waals surface area (Å²) in [5.41, 5.74) is 0. The molecule has 1 N–H and O–H groups in total. The van der Waals surface area contributed by atoms with Gasteiger partial charge in [0.1, 0.15) is 6.20 Å². The monoisotopic (exact) mass is 211 g/mol. The van der Waals surface area contributed by atoms with Crippen LogP contribution in [-0.4, -0.2) is 25.7 Å². The van der Waals surface area contributed by atoms with Gasteiger partial charge < -0.3 is 19.8 Å². The normalized spacial score (nSPS) is 26.5. The molecule has 0 amide bonds. The van der Waals surface area contributed by atoms with Gasteiger partial charge in [0.05, 0.1) is 6.10 Å². The largest absolute Gasteiger partial charge is 0.393 e. The molecular weight excluding hydrogens is 198 g/mol. The van der Waals surface area contributed by atoms with E-state index in [1.807, 2.05) is 0 Å². The zero-order valence-electron chi connectivity index (χ0n) is 8.24. The number of aliphatic hydroxyl groups excluding tert-OH is 1. The van der Waals surface area contributed by atoms with E-state index in [4.69, 9.17) is 0 Å². The van der Waals surface area contributed by atoms with Crippen molar-refractivity contribution < 1.29 is 10.0 Å². The van der Waals surface area contributed by atoms with Crippen molar-refractivity contribution in [3.63, 3.8) is 0 Å². The van der Waals surface area contributed by atoms with Gasteiger partial charge in [-0.2, -0.15) is 0 Å². The minimum Gasteiger partial charge on any atom is -0.393 e. The molecule has 1 aromatic rings. The summed E-state index contributed by atoms with van der Waals surface area (Å²) in [6.07, 6.45) is 5.99. The van der Waals surface area contributed by atoms with Crippen molar-refractivity contribution in [3.05, 3.63) is 22.6 Å². The highest BCUT2D eigenvalue weighted by Crippen LogP contribution is 2.29. The Kier molecular flexibility index (Phi) is 2.68. The number of nitrogens with zero attached hydrogens (tertiary/aromatic N) is 3. The molecule has 0 spiro atoms. The fraction of sp³-hybridized carbons (Fsp3) is 0.667. The van der Waals surface area contributed by atoms with Crippen LogP contribution < -0.4 is 0 Å². The van der Waals surface area contributed by atoms with Crippen molar-refractivity contribution >= 4 is 5.82 Å². The summed E-state index contributed by atoms with van der Waals surface area (Å²) in [5.74, 6) is -0.110. The van der Waals surface area contributed by atoms with E-state index in [0.717, 1.165) is 25.7 Å². The number of rotatable bonds is 2. The maximum atomic E-state index is 10.4. The van der Waals surface area contributed by atoms with Crippen LogP contribution in [-0.2, 0) is 0 Å². The Labute approximate surface area is 86.7 Å². The number of hydrogen-bond donors (Lipinski definition) is 1. The van der Waals surface area contributed by atoms with Gasteiger partial charge in [-0.3, -0.25) is 0 Å². The molecule has 1 heterocycles. The SMILES string of the molecule is O=[N+]([O-])c1cn([C@H]2CC[C@H](O)CC2)cn1. The van der Waals surface area contributed by atoms with Crippen LogP contribution in [0, 0.1) is 10.1 Å². The molecule has 6 heteroatoms. The van der Waals surface area contributed by atoms with Gasteiger partial charge in [-0.15, -0.1) is 0 Å². The Morgan fingerprint density at radius 3 is 2.67 bits per heavy atom. The predicted octanol–water partition coefficient (Wildman–Crippen LogP) is 1.27. The van der Waals surface area contributed by atoms with Crippen LogP contribution >= 0.6 is 0 Å². The molecular formula is C9H13N3O3. The second-order valence-corrected chi connectivity index (χ2v) is 3.90. The molecule has 0 radical (unpaired) electrons. The molecule has 0 aliphatic heterocycles. The first kappa shape index (κ1) is 10.1. The molecule has 6 nitrogen and oxygen atoms in total. The predicted molar refractivity (Wildman–Crippen MR) is 52.4 cm³/mol. The summed E-state index contributed by atoms with van der Waals surface area (Å²) in [4.78, 5) is 13.7. The highest BCUT2D eigenvalue weighted by Gasteiger charge is 2.22. The number of imidazole rings is 1. The van der Waals surface area contributed by atoms with Crippen LogP contribution in [0.2, 0.25) is 0 Å². The Hall–Kier alpha value is -1.43. The molecule has 1 aliphatic carbocycles. The van der Waals surface area contributed by atoms with Gasteiger partial charge in [0.25, 0.3) is 0 Å². The highest BCUT2D eigenvalue weighted by atomic mass is 16.6. The van der Waals surface area contributed by atoms with Crippen LogP contribution in [0.5, 0.6) is 0 Å². The lowest BCUT2D eigenvalue weighted by Crippen LogP contribution is -2.20. The average molecular weight is 211 g/mol. The summed E-state index contributed by atoms with van der Waals surface area (Å²) in [7, 11) is 0. The van der Waals surface area contributed by atoms with Crippen LogP contribution in [0.25, 0.3) is 0 Å². The molecule has 0 saturated heterocycles. The first-order valence-electron chi connectivity index (χ1n) is 5.03. The maximum Gasteiger partial charge on any atom is 0.381 e. The fourth-order valence-electron chi connectivity index (χ4n) is 1.98. The zero-order chi connectivity index (χ0) is 10.8. The van der Waals surface area contributed by atoms with E-state index in [9.17, 15) is 15.2 Å². The molecule has 0 aromatic carbocycles. The lowest BCUT2D eigenvalue weighted by Gasteiger charge is -2.25. The smallest absolute Gasteiger partial charge is 0.381 e. The molecule has 82 valence electrons. The summed E-state index contributed by atoms with van der Waals surface area (Å²) < 4.78 is 1.78. The van der Waals surface area contributed by atoms with E-state index in [1.54, 1.807) is 4.57 Å². The van der Waals surface area contributed by atoms with Gasteiger partial charge in [-0.05, 0) is 35.6 Å². The first-order chi connectivity index (χ1) is 7.16. The van der Waals surface area contributed by atoms with E-state index in [1.165, 1.54) is 12.5 Å². The van der Waals surface area contributed by atoms with Crippen molar-refractivity contribution in [2.45, 2.75) is 37.8 Å². The third kappa shape index (κ3) is 2.15. The Morgan fingerprint density at radius 1 is 1.47 bits per heavy atom. The number of nitro groups is 1. The van der Waals surface area contributed by atoms with Gasteiger partial charge >= 0.3 is 5.82 Å². The highest BCUT2D eigenvalue weighted by molar-refractivity contribution is 5.13. The molecule has 1 aliphatic rings.